The van der Waals surface area contributed by atoms with Gasteiger partial charge >= 0.3 is 0 Å². The van der Waals surface area contributed by atoms with Gasteiger partial charge in [0.15, 0.2) is 5.96 Å². The fourth-order valence-corrected chi connectivity index (χ4v) is 3.31. The zero-order valence-corrected chi connectivity index (χ0v) is 18.6. The molecule has 0 spiro atoms. The Balaban J connectivity index is 0.00000261. The molecule has 0 bridgehead atoms. The van der Waals surface area contributed by atoms with Crippen LogP contribution in [0.5, 0.6) is 0 Å². The third-order valence-electron chi connectivity index (χ3n) is 4.07. The minimum Gasteiger partial charge on any atom is -0.357 e. The normalized spacial score (nSPS) is 12.3. The Bertz CT molecular complexity index is 799. The maximum Gasteiger partial charge on any atom is 0.191 e. The van der Waals surface area contributed by atoms with E-state index >= 15 is 0 Å². The van der Waals surface area contributed by atoms with Gasteiger partial charge in [-0.15, -0.1) is 24.0 Å². The summed E-state index contributed by atoms with van der Waals surface area (Å²) in [5.41, 5.74) is 3.50. The predicted molar refractivity (Wildman–Crippen MR) is 122 cm³/mol. The molecular formula is C19H25IN6S. The Kier molecular flexibility index (Phi) is 8.73. The number of aliphatic imine (C=N–C) groups is 1. The van der Waals surface area contributed by atoms with Crippen molar-refractivity contribution < 1.29 is 0 Å². The van der Waals surface area contributed by atoms with E-state index in [1.54, 1.807) is 22.3 Å². The number of rotatable bonds is 7. The molecule has 6 nitrogen and oxygen atoms in total. The third kappa shape index (κ3) is 6.31. The Labute approximate surface area is 181 Å². The lowest BCUT2D eigenvalue weighted by Gasteiger charge is -2.15. The second-order valence-electron chi connectivity index (χ2n) is 6.04. The van der Waals surface area contributed by atoms with Gasteiger partial charge in [0.1, 0.15) is 12.7 Å². The molecule has 2 heterocycles. The summed E-state index contributed by atoms with van der Waals surface area (Å²) in [6, 6.07) is 10.4. The van der Waals surface area contributed by atoms with Crippen LogP contribution >= 0.6 is 35.3 Å². The van der Waals surface area contributed by atoms with E-state index in [4.69, 9.17) is 4.99 Å². The molecule has 8 heteroatoms. The molecule has 3 aromatic rings. The number of nitrogens with zero attached hydrogens (tertiary/aromatic N) is 4. The summed E-state index contributed by atoms with van der Waals surface area (Å²) in [5.74, 6) is 1.29. The van der Waals surface area contributed by atoms with Gasteiger partial charge in [0.25, 0.3) is 0 Å². The molecule has 0 aliphatic rings. The van der Waals surface area contributed by atoms with Gasteiger partial charge in [-0.2, -0.15) is 16.4 Å². The van der Waals surface area contributed by atoms with Crippen molar-refractivity contribution in [3.05, 3.63) is 64.9 Å². The van der Waals surface area contributed by atoms with Gasteiger partial charge < -0.3 is 10.6 Å². The highest BCUT2D eigenvalue weighted by Gasteiger charge is 2.07. The van der Waals surface area contributed by atoms with E-state index in [-0.39, 0.29) is 24.0 Å². The number of aromatic nitrogens is 3. The van der Waals surface area contributed by atoms with E-state index < -0.39 is 0 Å². The van der Waals surface area contributed by atoms with E-state index in [9.17, 15) is 0 Å². The smallest absolute Gasteiger partial charge is 0.191 e. The largest absolute Gasteiger partial charge is 0.357 e. The van der Waals surface area contributed by atoms with Crippen molar-refractivity contribution in [1.82, 2.24) is 25.4 Å². The molecule has 1 atom stereocenters. The van der Waals surface area contributed by atoms with Crippen LogP contribution in [-0.4, -0.2) is 33.8 Å². The van der Waals surface area contributed by atoms with E-state index in [2.05, 4.69) is 63.5 Å². The number of thiophene rings is 1. The van der Waals surface area contributed by atoms with Gasteiger partial charge in [0.2, 0.25) is 0 Å². The second-order valence-corrected chi connectivity index (χ2v) is 6.82. The van der Waals surface area contributed by atoms with E-state index in [1.165, 1.54) is 11.9 Å². The topological polar surface area (TPSA) is 67.1 Å². The molecule has 0 saturated carbocycles. The highest BCUT2D eigenvalue weighted by molar-refractivity contribution is 14.0. The van der Waals surface area contributed by atoms with Crippen LogP contribution in [0.3, 0.4) is 0 Å². The Morgan fingerprint density at radius 3 is 2.67 bits per heavy atom. The van der Waals surface area contributed by atoms with Gasteiger partial charge in [-0.3, -0.25) is 0 Å². The van der Waals surface area contributed by atoms with E-state index in [0.29, 0.717) is 12.5 Å². The fraction of sp³-hybridized carbons (Fsp3) is 0.316. The number of halogens is 1. The van der Waals surface area contributed by atoms with Crippen LogP contribution in [-0.2, 0) is 6.54 Å². The zero-order valence-electron chi connectivity index (χ0n) is 15.5. The predicted octanol–water partition coefficient (Wildman–Crippen LogP) is 3.81. The number of nitrogens with one attached hydrogen (secondary N) is 2. The molecule has 144 valence electrons. The van der Waals surface area contributed by atoms with Crippen LogP contribution in [0.15, 0.2) is 58.7 Å². The van der Waals surface area contributed by atoms with Gasteiger partial charge in [-0.05, 0) is 52.9 Å². The van der Waals surface area contributed by atoms with Crippen LogP contribution in [0.1, 0.15) is 30.9 Å². The van der Waals surface area contributed by atoms with Gasteiger partial charge in [0.05, 0.1) is 12.2 Å². The van der Waals surface area contributed by atoms with Crippen molar-refractivity contribution >= 4 is 41.3 Å². The number of benzene rings is 1. The van der Waals surface area contributed by atoms with Crippen molar-refractivity contribution in [2.75, 3.05) is 13.1 Å². The summed E-state index contributed by atoms with van der Waals surface area (Å²) >= 11 is 1.74. The minimum absolute atomic E-state index is 0. The summed E-state index contributed by atoms with van der Waals surface area (Å²) in [4.78, 5) is 8.66. The number of hydrogen-bond acceptors (Lipinski definition) is 4. The molecule has 0 radical (unpaired) electrons. The first-order valence-electron chi connectivity index (χ1n) is 8.74. The van der Waals surface area contributed by atoms with E-state index in [1.807, 2.05) is 12.1 Å². The lowest BCUT2D eigenvalue weighted by molar-refractivity contribution is 0.701. The molecule has 0 aliphatic heterocycles. The van der Waals surface area contributed by atoms with Gasteiger partial charge in [0, 0.05) is 13.1 Å². The standard InChI is InChI=1S/C19H24N6S.HI/c1-3-21-19(22-10-15(2)17-8-9-26-12-17)23-11-16-4-6-18(7-5-16)25-14-20-13-24-25;/h4-9,12-15H,3,10-11H2,1-2H3,(H2,21,22,23);1H. The first-order chi connectivity index (χ1) is 12.8. The quantitative estimate of drug-likeness (QED) is 0.297. The Morgan fingerprint density at radius 2 is 2.04 bits per heavy atom. The zero-order chi connectivity index (χ0) is 18.2. The SMILES string of the molecule is CCNC(=NCc1ccc(-n2cncn2)cc1)NCC(C)c1ccsc1.I. The fourth-order valence-electron chi connectivity index (χ4n) is 2.53. The number of hydrogen-bond donors (Lipinski definition) is 2. The average Bonchev–Trinajstić information content (AvgIpc) is 3.38. The Morgan fingerprint density at radius 1 is 1.22 bits per heavy atom. The molecule has 0 saturated heterocycles. The lowest BCUT2D eigenvalue weighted by Crippen LogP contribution is -2.39. The summed E-state index contributed by atoms with van der Waals surface area (Å²) in [6.45, 7) is 6.62. The van der Waals surface area contributed by atoms with Crippen molar-refractivity contribution in [2.45, 2.75) is 26.3 Å². The summed E-state index contributed by atoms with van der Waals surface area (Å²) < 4.78 is 1.74. The highest BCUT2D eigenvalue weighted by Crippen LogP contribution is 2.17. The molecule has 2 N–H and O–H groups in total. The van der Waals surface area contributed by atoms with Crippen molar-refractivity contribution in [3.63, 3.8) is 0 Å². The molecule has 3 rings (SSSR count). The lowest BCUT2D eigenvalue weighted by atomic mass is 10.1. The molecule has 0 fully saturated rings. The average molecular weight is 496 g/mol. The first kappa shape index (κ1) is 21.4. The van der Waals surface area contributed by atoms with Crippen LogP contribution in [0.2, 0.25) is 0 Å². The monoisotopic (exact) mass is 496 g/mol. The molecular weight excluding hydrogens is 471 g/mol. The second kappa shape index (κ2) is 11.0. The number of guanidine groups is 1. The summed E-state index contributed by atoms with van der Waals surface area (Å²) in [5, 5.41) is 15.2. The molecule has 0 aliphatic carbocycles. The molecule has 0 amide bonds. The third-order valence-corrected chi connectivity index (χ3v) is 4.77. The van der Waals surface area contributed by atoms with Crippen LogP contribution in [0, 0.1) is 0 Å². The summed E-state index contributed by atoms with van der Waals surface area (Å²) in [7, 11) is 0. The Hall–Kier alpha value is -1.94. The summed E-state index contributed by atoms with van der Waals surface area (Å²) in [6.07, 6.45) is 3.22. The molecule has 1 unspecified atom stereocenters. The van der Waals surface area contributed by atoms with Crippen LogP contribution in [0.25, 0.3) is 5.69 Å². The molecule has 1 aromatic carbocycles. The molecule has 2 aromatic heterocycles. The maximum absolute atomic E-state index is 4.69. The molecule has 27 heavy (non-hydrogen) atoms. The van der Waals surface area contributed by atoms with E-state index in [0.717, 1.165) is 30.3 Å². The van der Waals surface area contributed by atoms with Gasteiger partial charge in [-0.1, -0.05) is 19.1 Å². The minimum atomic E-state index is 0. The maximum atomic E-state index is 4.69. The van der Waals surface area contributed by atoms with Crippen molar-refractivity contribution in [2.24, 2.45) is 4.99 Å². The van der Waals surface area contributed by atoms with Crippen LogP contribution < -0.4 is 10.6 Å². The van der Waals surface area contributed by atoms with Crippen molar-refractivity contribution in [3.8, 4) is 5.69 Å². The van der Waals surface area contributed by atoms with Crippen molar-refractivity contribution in [1.29, 1.82) is 0 Å². The van der Waals surface area contributed by atoms with Crippen LogP contribution in [0.4, 0.5) is 0 Å². The van der Waals surface area contributed by atoms with Gasteiger partial charge in [-0.25, -0.2) is 14.7 Å². The first-order valence-corrected chi connectivity index (χ1v) is 9.68. The highest BCUT2D eigenvalue weighted by atomic mass is 127.